The van der Waals surface area contributed by atoms with Gasteiger partial charge in [0.25, 0.3) is 0 Å². The quantitative estimate of drug-likeness (QED) is 0.599. The van der Waals surface area contributed by atoms with Crippen LogP contribution in [-0.2, 0) is 9.59 Å². The zero-order chi connectivity index (χ0) is 23.6. The molecule has 2 atom stereocenters. The summed E-state index contributed by atoms with van der Waals surface area (Å²) in [5.41, 5.74) is 2.16. The molecule has 0 bridgehead atoms. The van der Waals surface area contributed by atoms with E-state index in [4.69, 9.17) is 21.1 Å². The monoisotopic (exact) mass is 477 g/mol. The molecule has 2 aromatic rings. The highest BCUT2D eigenvalue weighted by atomic mass is 35.5. The molecule has 0 fully saturated rings. The number of para-hydroxylation sites is 1. The molecular formula is C24H28ClNO5S. The Labute approximate surface area is 197 Å². The van der Waals surface area contributed by atoms with E-state index in [1.165, 1.54) is 11.8 Å². The number of thioether (sulfide) groups is 1. The van der Waals surface area contributed by atoms with Crippen LogP contribution in [0, 0.1) is 5.41 Å². The van der Waals surface area contributed by atoms with Gasteiger partial charge in [0.2, 0.25) is 5.91 Å². The lowest BCUT2D eigenvalue weighted by Crippen LogP contribution is -2.42. The minimum Gasteiger partial charge on any atom is -0.493 e. The molecule has 0 saturated carbocycles. The smallest absolute Gasteiger partial charge is 0.305 e. The van der Waals surface area contributed by atoms with E-state index in [0.29, 0.717) is 23.1 Å². The Hall–Kier alpha value is -2.38. The van der Waals surface area contributed by atoms with Gasteiger partial charge in [-0.25, -0.2) is 0 Å². The number of hydrogen-bond acceptors (Lipinski definition) is 5. The fourth-order valence-corrected chi connectivity index (χ4v) is 5.52. The number of nitrogens with zero attached hydrogens (tertiary/aromatic N) is 1. The minimum absolute atomic E-state index is 0.196. The summed E-state index contributed by atoms with van der Waals surface area (Å²) in [5.74, 6) is -0.137. The van der Waals surface area contributed by atoms with Gasteiger partial charge in [-0.1, -0.05) is 44.5 Å². The number of carboxylic acid groups (broad SMARTS) is 1. The fraction of sp³-hybridized carbons (Fsp3) is 0.417. The Morgan fingerprint density at radius 3 is 2.47 bits per heavy atom. The molecule has 0 spiro atoms. The number of ether oxygens (including phenoxy) is 2. The number of amides is 1. The number of carboxylic acids is 1. The van der Waals surface area contributed by atoms with E-state index in [9.17, 15) is 14.7 Å². The Morgan fingerprint density at radius 2 is 1.88 bits per heavy atom. The summed E-state index contributed by atoms with van der Waals surface area (Å²) < 4.78 is 11.1. The predicted molar refractivity (Wildman–Crippen MR) is 128 cm³/mol. The largest absolute Gasteiger partial charge is 0.493 e. The highest BCUT2D eigenvalue weighted by Crippen LogP contribution is 2.51. The van der Waals surface area contributed by atoms with E-state index in [1.54, 1.807) is 31.3 Å². The molecule has 1 heterocycles. The van der Waals surface area contributed by atoms with Crippen molar-refractivity contribution in [2.45, 2.75) is 37.7 Å². The fourth-order valence-electron chi connectivity index (χ4n) is 3.86. The lowest BCUT2D eigenvalue weighted by atomic mass is 9.94. The van der Waals surface area contributed by atoms with Crippen LogP contribution < -0.4 is 14.4 Å². The van der Waals surface area contributed by atoms with Gasteiger partial charge in [-0.3, -0.25) is 9.59 Å². The highest BCUT2D eigenvalue weighted by molar-refractivity contribution is 8.01. The third kappa shape index (κ3) is 5.15. The third-order valence-corrected chi connectivity index (χ3v) is 6.82. The van der Waals surface area contributed by atoms with Gasteiger partial charge >= 0.3 is 5.97 Å². The van der Waals surface area contributed by atoms with Crippen molar-refractivity contribution in [1.82, 2.24) is 0 Å². The number of hydrogen-bond donors (Lipinski definition) is 1. The summed E-state index contributed by atoms with van der Waals surface area (Å²) in [6.07, 6.45) is -0.283. The molecule has 2 aromatic carbocycles. The standard InChI is InChI=1S/C24H28ClNO5S/c1-24(2,3)13-26-17-10-9-14(25)11-16(17)22(32-19(23(26)29)12-20(27)28)15-7-6-8-18(30-4)21(15)31-5/h6-11,19,22H,12-13H2,1-5H3,(H,27,28)/t19-,22-/m1/s1. The summed E-state index contributed by atoms with van der Waals surface area (Å²) in [7, 11) is 3.13. The van der Waals surface area contributed by atoms with Crippen LogP contribution in [0.2, 0.25) is 5.02 Å². The summed E-state index contributed by atoms with van der Waals surface area (Å²) in [6.45, 7) is 6.58. The zero-order valence-electron chi connectivity index (χ0n) is 18.8. The topological polar surface area (TPSA) is 76.1 Å². The van der Waals surface area contributed by atoms with Gasteiger partial charge in [-0.15, -0.1) is 11.8 Å². The number of halogens is 1. The van der Waals surface area contributed by atoms with Crippen molar-refractivity contribution in [2.24, 2.45) is 5.41 Å². The van der Waals surface area contributed by atoms with Crippen LogP contribution in [0.4, 0.5) is 5.69 Å². The van der Waals surface area contributed by atoms with Crippen LogP contribution in [-0.4, -0.2) is 43.0 Å². The lowest BCUT2D eigenvalue weighted by molar-refractivity contribution is -0.138. The molecule has 0 aliphatic carbocycles. The second-order valence-electron chi connectivity index (χ2n) is 8.87. The molecule has 8 heteroatoms. The van der Waals surface area contributed by atoms with E-state index in [1.807, 2.05) is 45.0 Å². The maximum absolute atomic E-state index is 13.6. The van der Waals surface area contributed by atoms with Crippen LogP contribution in [0.15, 0.2) is 36.4 Å². The van der Waals surface area contributed by atoms with Crippen molar-refractivity contribution in [1.29, 1.82) is 0 Å². The molecule has 0 saturated heterocycles. The molecule has 6 nitrogen and oxygen atoms in total. The maximum Gasteiger partial charge on any atom is 0.305 e. The zero-order valence-corrected chi connectivity index (χ0v) is 20.4. The van der Waals surface area contributed by atoms with Gasteiger partial charge in [0.05, 0.1) is 31.1 Å². The number of methoxy groups -OCH3 is 2. The molecule has 1 aliphatic heterocycles. The second kappa shape index (κ2) is 9.63. The van der Waals surface area contributed by atoms with Gasteiger partial charge in [0.15, 0.2) is 11.5 Å². The normalized spacial score (nSPS) is 18.7. The van der Waals surface area contributed by atoms with E-state index in [-0.39, 0.29) is 23.0 Å². The Morgan fingerprint density at radius 1 is 1.16 bits per heavy atom. The number of carbonyl (C=O) groups excluding carboxylic acids is 1. The van der Waals surface area contributed by atoms with Crippen LogP contribution in [0.5, 0.6) is 11.5 Å². The number of benzene rings is 2. The van der Waals surface area contributed by atoms with Gasteiger partial charge in [0.1, 0.15) is 0 Å². The van der Waals surface area contributed by atoms with E-state index < -0.39 is 11.2 Å². The average molecular weight is 478 g/mol. The van der Waals surface area contributed by atoms with Crippen LogP contribution >= 0.6 is 23.4 Å². The molecule has 172 valence electrons. The van der Waals surface area contributed by atoms with Crippen LogP contribution in [0.1, 0.15) is 43.6 Å². The van der Waals surface area contributed by atoms with Crippen LogP contribution in [0.25, 0.3) is 0 Å². The first-order chi connectivity index (χ1) is 15.1. The van der Waals surface area contributed by atoms with Gasteiger partial charge < -0.3 is 19.5 Å². The molecule has 32 heavy (non-hydrogen) atoms. The Balaban J connectivity index is 2.27. The highest BCUT2D eigenvalue weighted by Gasteiger charge is 2.39. The molecule has 0 aromatic heterocycles. The number of aliphatic carboxylic acids is 1. The molecule has 1 aliphatic rings. The predicted octanol–water partition coefficient (Wildman–Crippen LogP) is 5.42. The van der Waals surface area contributed by atoms with Gasteiger partial charge in [0, 0.05) is 22.8 Å². The third-order valence-electron chi connectivity index (χ3n) is 5.11. The Bertz CT molecular complexity index is 1020. The number of fused-ring (bicyclic) bond motifs is 1. The van der Waals surface area contributed by atoms with E-state index in [0.717, 1.165) is 16.8 Å². The van der Waals surface area contributed by atoms with E-state index in [2.05, 4.69) is 0 Å². The molecule has 3 rings (SSSR count). The van der Waals surface area contributed by atoms with E-state index >= 15 is 0 Å². The second-order valence-corrected chi connectivity index (χ2v) is 10.6. The summed E-state index contributed by atoms with van der Waals surface area (Å²) in [6, 6.07) is 11.0. The van der Waals surface area contributed by atoms with Crippen molar-refractivity contribution in [2.75, 3.05) is 25.7 Å². The summed E-state index contributed by atoms with van der Waals surface area (Å²) in [4.78, 5) is 27.0. The number of anilines is 1. The van der Waals surface area contributed by atoms with Gasteiger partial charge in [-0.05, 0) is 35.2 Å². The first-order valence-electron chi connectivity index (χ1n) is 10.2. The number of rotatable bonds is 6. The SMILES string of the molecule is COc1cccc([C@H]2S[C@H](CC(=O)O)C(=O)N(CC(C)(C)C)c3ccc(Cl)cc32)c1OC. The van der Waals surface area contributed by atoms with Crippen molar-refractivity contribution in [3.05, 3.63) is 52.5 Å². The van der Waals surface area contributed by atoms with Crippen molar-refractivity contribution in [3.63, 3.8) is 0 Å². The Kier molecular flexibility index (Phi) is 7.30. The van der Waals surface area contributed by atoms with Gasteiger partial charge in [-0.2, -0.15) is 0 Å². The molecule has 1 amide bonds. The average Bonchev–Trinajstić information content (AvgIpc) is 2.82. The minimum atomic E-state index is -1.02. The molecular weight excluding hydrogens is 450 g/mol. The first-order valence-corrected chi connectivity index (χ1v) is 11.6. The van der Waals surface area contributed by atoms with Crippen LogP contribution in [0.3, 0.4) is 0 Å². The van der Waals surface area contributed by atoms with Crippen molar-refractivity contribution < 1.29 is 24.2 Å². The molecule has 0 unspecified atom stereocenters. The van der Waals surface area contributed by atoms with Crippen molar-refractivity contribution >= 4 is 40.9 Å². The summed E-state index contributed by atoms with van der Waals surface area (Å²) >= 11 is 7.70. The molecule has 1 N–H and O–H groups in total. The lowest BCUT2D eigenvalue weighted by Gasteiger charge is -2.31. The van der Waals surface area contributed by atoms with Crippen molar-refractivity contribution in [3.8, 4) is 11.5 Å². The first kappa shape index (κ1) is 24.3. The number of carbonyl (C=O) groups is 2. The maximum atomic E-state index is 13.6. The molecule has 0 radical (unpaired) electrons. The summed E-state index contributed by atoms with van der Waals surface area (Å²) in [5, 5.41) is 8.92.